The monoisotopic (exact) mass is 242 g/mol. The highest BCUT2D eigenvalue weighted by atomic mass is 16.3. The minimum Gasteiger partial charge on any atom is -0.395 e. The van der Waals surface area contributed by atoms with Crippen LogP contribution in [0.1, 0.15) is 46.0 Å². The van der Waals surface area contributed by atoms with Gasteiger partial charge in [-0.25, -0.2) is 0 Å². The maximum atomic E-state index is 12.2. The van der Waals surface area contributed by atoms with Gasteiger partial charge in [-0.05, 0) is 32.2 Å². The van der Waals surface area contributed by atoms with Gasteiger partial charge in [-0.15, -0.1) is 0 Å². The first-order chi connectivity index (χ1) is 8.22. The zero-order valence-electron chi connectivity index (χ0n) is 11.1. The van der Waals surface area contributed by atoms with Crippen molar-refractivity contribution in [2.24, 2.45) is 0 Å². The van der Waals surface area contributed by atoms with Crippen LogP contribution in [0.25, 0.3) is 0 Å². The Morgan fingerprint density at radius 2 is 2.18 bits per heavy atom. The third kappa shape index (κ3) is 4.28. The van der Waals surface area contributed by atoms with Crippen molar-refractivity contribution in [3.8, 4) is 0 Å². The van der Waals surface area contributed by atoms with Crippen molar-refractivity contribution in [1.29, 1.82) is 0 Å². The Balaban J connectivity index is 2.52. The van der Waals surface area contributed by atoms with Crippen molar-refractivity contribution in [3.63, 3.8) is 0 Å². The number of aliphatic hydroxyl groups excluding tert-OH is 1. The molecule has 0 aliphatic carbocycles. The van der Waals surface area contributed by atoms with Gasteiger partial charge in [-0.3, -0.25) is 4.79 Å². The summed E-state index contributed by atoms with van der Waals surface area (Å²) in [5.74, 6) is 0.187. The van der Waals surface area contributed by atoms with E-state index in [9.17, 15) is 4.79 Å². The van der Waals surface area contributed by atoms with Crippen molar-refractivity contribution in [3.05, 3.63) is 0 Å². The van der Waals surface area contributed by atoms with Crippen molar-refractivity contribution in [2.75, 3.05) is 19.7 Å². The Hall–Kier alpha value is -0.610. The van der Waals surface area contributed by atoms with Gasteiger partial charge in [-0.1, -0.05) is 13.8 Å². The van der Waals surface area contributed by atoms with Gasteiger partial charge < -0.3 is 15.3 Å². The number of carbonyl (C=O) groups is 1. The molecule has 0 bridgehead atoms. The molecule has 4 nitrogen and oxygen atoms in total. The predicted octanol–water partition coefficient (Wildman–Crippen LogP) is 1.14. The lowest BCUT2D eigenvalue weighted by atomic mass is 10.1. The van der Waals surface area contributed by atoms with Crippen LogP contribution in [0.15, 0.2) is 0 Å². The molecule has 0 aromatic rings. The molecule has 1 aliphatic heterocycles. The van der Waals surface area contributed by atoms with E-state index in [1.807, 2.05) is 4.90 Å². The molecule has 17 heavy (non-hydrogen) atoms. The summed E-state index contributed by atoms with van der Waals surface area (Å²) in [5.41, 5.74) is 0. The molecule has 4 heteroatoms. The lowest BCUT2D eigenvalue weighted by Crippen LogP contribution is -2.43. The Kier molecular flexibility index (Phi) is 6.52. The molecule has 2 N–H and O–H groups in total. The minimum atomic E-state index is 0.0559. The zero-order chi connectivity index (χ0) is 12.7. The van der Waals surface area contributed by atoms with Gasteiger partial charge in [0, 0.05) is 25.0 Å². The van der Waals surface area contributed by atoms with E-state index >= 15 is 0 Å². The van der Waals surface area contributed by atoms with Crippen LogP contribution in [0, 0.1) is 0 Å². The molecule has 0 radical (unpaired) electrons. The molecule has 0 aromatic carbocycles. The molecule has 1 fully saturated rings. The third-order valence-electron chi connectivity index (χ3n) is 3.63. The van der Waals surface area contributed by atoms with Crippen LogP contribution in [-0.4, -0.2) is 47.7 Å². The standard InChI is InChI=1S/C13H26N2O2/c1-3-12(4-2)15(8-9-16)13(17)10-11-6-5-7-14-11/h11-12,14,16H,3-10H2,1-2H3. The summed E-state index contributed by atoms with van der Waals surface area (Å²) in [5, 5.41) is 12.4. The van der Waals surface area contributed by atoms with Crippen molar-refractivity contribution in [1.82, 2.24) is 10.2 Å². The highest BCUT2D eigenvalue weighted by Crippen LogP contribution is 2.14. The van der Waals surface area contributed by atoms with Crippen molar-refractivity contribution < 1.29 is 9.90 Å². The molecule has 1 unspecified atom stereocenters. The Bertz CT molecular complexity index is 223. The number of aliphatic hydroxyl groups is 1. The second kappa shape index (κ2) is 7.67. The van der Waals surface area contributed by atoms with Crippen LogP contribution in [0.3, 0.4) is 0 Å². The van der Waals surface area contributed by atoms with E-state index in [4.69, 9.17) is 5.11 Å². The third-order valence-corrected chi connectivity index (χ3v) is 3.63. The summed E-state index contributed by atoms with van der Waals surface area (Å²) >= 11 is 0. The number of hydrogen-bond acceptors (Lipinski definition) is 3. The van der Waals surface area contributed by atoms with Crippen molar-refractivity contribution >= 4 is 5.91 Å². The average molecular weight is 242 g/mol. The van der Waals surface area contributed by atoms with Crippen molar-refractivity contribution in [2.45, 2.75) is 58.0 Å². The molecule has 1 amide bonds. The molecular formula is C13H26N2O2. The fourth-order valence-corrected chi connectivity index (χ4v) is 2.61. The van der Waals surface area contributed by atoms with Gasteiger partial charge in [-0.2, -0.15) is 0 Å². The van der Waals surface area contributed by atoms with Crippen LogP contribution in [0.4, 0.5) is 0 Å². The predicted molar refractivity (Wildman–Crippen MR) is 68.8 cm³/mol. The molecule has 100 valence electrons. The van der Waals surface area contributed by atoms with E-state index in [1.54, 1.807) is 0 Å². The van der Waals surface area contributed by atoms with E-state index in [0.717, 1.165) is 25.8 Å². The molecule has 1 atom stereocenters. The maximum absolute atomic E-state index is 12.2. The minimum absolute atomic E-state index is 0.0559. The van der Waals surface area contributed by atoms with Crippen LogP contribution < -0.4 is 5.32 Å². The quantitative estimate of drug-likeness (QED) is 0.704. The van der Waals surface area contributed by atoms with E-state index in [0.29, 0.717) is 19.0 Å². The van der Waals surface area contributed by atoms with Gasteiger partial charge in [0.2, 0.25) is 5.91 Å². The van der Waals surface area contributed by atoms with E-state index in [-0.39, 0.29) is 18.6 Å². The van der Waals surface area contributed by atoms with Gasteiger partial charge >= 0.3 is 0 Å². The lowest BCUT2D eigenvalue weighted by molar-refractivity contribution is -0.134. The highest BCUT2D eigenvalue weighted by molar-refractivity contribution is 5.77. The fourth-order valence-electron chi connectivity index (χ4n) is 2.61. The number of amides is 1. The second-order valence-electron chi connectivity index (χ2n) is 4.78. The number of nitrogens with zero attached hydrogens (tertiary/aromatic N) is 1. The number of carbonyl (C=O) groups excluding carboxylic acids is 1. The SMILES string of the molecule is CCC(CC)N(CCO)C(=O)CC1CCCN1. The largest absolute Gasteiger partial charge is 0.395 e. The summed E-state index contributed by atoms with van der Waals surface area (Å²) in [6, 6.07) is 0.620. The first-order valence-electron chi connectivity index (χ1n) is 6.86. The topological polar surface area (TPSA) is 52.6 Å². The number of nitrogens with one attached hydrogen (secondary N) is 1. The van der Waals surface area contributed by atoms with Gasteiger partial charge in [0.05, 0.1) is 6.61 Å². The Morgan fingerprint density at radius 3 is 2.65 bits per heavy atom. The van der Waals surface area contributed by atoms with Gasteiger partial charge in [0.25, 0.3) is 0 Å². The van der Waals surface area contributed by atoms with E-state index < -0.39 is 0 Å². The van der Waals surface area contributed by atoms with Crippen LogP contribution in [0.5, 0.6) is 0 Å². The highest BCUT2D eigenvalue weighted by Gasteiger charge is 2.24. The first-order valence-corrected chi connectivity index (χ1v) is 6.86. The Morgan fingerprint density at radius 1 is 1.47 bits per heavy atom. The van der Waals surface area contributed by atoms with Crippen LogP contribution in [0.2, 0.25) is 0 Å². The van der Waals surface area contributed by atoms with Gasteiger partial charge in [0.1, 0.15) is 0 Å². The zero-order valence-corrected chi connectivity index (χ0v) is 11.1. The molecule has 0 aromatic heterocycles. The maximum Gasteiger partial charge on any atom is 0.224 e. The summed E-state index contributed by atoms with van der Waals surface area (Å²) in [6.45, 7) is 5.75. The smallest absolute Gasteiger partial charge is 0.224 e. The van der Waals surface area contributed by atoms with Gasteiger partial charge in [0.15, 0.2) is 0 Å². The molecule has 1 heterocycles. The normalized spacial score (nSPS) is 19.9. The first kappa shape index (κ1) is 14.5. The molecule has 1 aliphatic rings. The number of rotatable bonds is 7. The fraction of sp³-hybridized carbons (Fsp3) is 0.923. The lowest BCUT2D eigenvalue weighted by Gasteiger charge is -2.31. The van der Waals surface area contributed by atoms with E-state index in [2.05, 4.69) is 19.2 Å². The summed E-state index contributed by atoms with van der Waals surface area (Å²) in [6.07, 6.45) is 4.77. The average Bonchev–Trinajstić information content (AvgIpc) is 2.82. The molecule has 1 rings (SSSR count). The summed E-state index contributed by atoms with van der Waals surface area (Å²) in [4.78, 5) is 14.1. The van der Waals surface area contributed by atoms with E-state index in [1.165, 1.54) is 6.42 Å². The Labute approximate surface area is 104 Å². The molecule has 0 saturated carbocycles. The molecule has 1 saturated heterocycles. The number of hydrogen-bond donors (Lipinski definition) is 2. The van der Waals surface area contributed by atoms with Crippen LogP contribution >= 0.6 is 0 Å². The second-order valence-corrected chi connectivity index (χ2v) is 4.78. The van der Waals surface area contributed by atoms with Crippen LogP contribution in [-0.2, 0) is 4.79 Å². The summed E-state index contributed by atoms with van der Waals surface area (Å²) < 4.78 is 0. The molecule has 0 spiro atoms. The summed E-state index contributed by atoms with van der Waals surface area (Å²) in [7, 11) is 0. The molecular weight excluding hydrogens is 216 g/mol.